The van der Waals surface area contributed by atoms with E-state index < -0.39 is 0 Å². The van der Waals surface area contributed by atoms with Crippen LogP contribution in [0.1, 0.15) is 16.3 Å². The van der Waals surface area contributed by atoms with Crippen molar-refractivity contribution in [2.24, 2.45) is 0 Å². The Bertz CT molecular complexity index is 393. The Kier molecular flexibility index (Phi) is 4.33. The maximum absolute atomic E-state index is 12.2. The van der Waals surface area contributed by atoms with Gasteiger partial charge in [0, 0.05) is 32.4 Å². The third-order valence-corrected chi connectivity index (χ3v) is 3.15. The van der Waals surface area contributed by atoms with E-state index in [0.29, 0.717) is 5.69 Å². The first-order valence-corrected chi connectivity index (χ1v) is 7.01. The summed E-state index contributed by atoms with van der Waals surface area (Å²) in [5.41, 5.74) is 0.506. The van der Waals surface area contributed by atoms with Crippen molar-refractivity contribution >= 4 is 17.7 Å². The van der Waals surface area contributed by atoms with Crippen LogP contribution in [0.5, 0.6) is 0 Å². The Morgan fingerprint density at radius 1 is 1.53 bits per heavy atom. The average Bonchev–Trinajstić information content (AvgIpc) is 2.40. The molecular formula is C11H16N4OS. The Morgan fingerprint density at radius 2 is 2.29 bits per heavy atom. The van der Waals surface area contributed by atoms with Crippen molar-refractivity contribution in [2.75, 3.05) is 32.4 Å². The van der Waals surface area contributed by atoms with Crippen molar-refractivity contribution in [2.45, 2.75) is 5.75 Å². The lowest BCUT2D eigenvalue weighted by atomic mass is 10.3. The predicted molar refractivity (Wildman–Crippen MR) is 68.0 cm³/mol. The highest BCUT2D eigenvalue weighted by molar-refractivity contribution is 7.97. The highest BCUT2D eigenvalue weighted by atomic mass is 32.2. The molecular weight excluding hydrogens is 236 g/mol. The highest BCUT2D eigenvalue weighted by Gasteiger charge is 2.19. The molecule has 2 heterocycles. The van der Waals surface area contributed by atoms with Gasteiger partial charge in [0.05, 0.1) is 5.75 Å². The van der Waals surface area contributed by atoms with Gasteiger partial charge in [0.25, 0.3) is 5.91 Å². The van der Waals surface area contributed by atoms with Gasteiger partial charge in [0.15, 0.2) is 0 Å². The smallest absolute Gasteiger partial charge is 0.272 e. The molecule has 0 bridgehead atoms. The third-order valence-electron chi connectivity index (χ3n) is 2.60. The van der Waals surface area contributed by atoms with E-state index in [0.717, 1.165) is 37.8 Å². The fourth-order valence-corrected chi connectivity index (χ4v) is 2.14. The molecule has 0 spiro atoms. The average molecular weight is 252 g/mol. The van der Waals surface area contributed by atoms with E-state index in [1.165, 1.54) is 0 Å². The highest BCUT2D eigenvalue weighted by Crippen LogP contribution is 2.07. The lowest BCUT2D eigenvalue weighted by Crippen LogP contribution is -2.46. The second-order valence-electron chi connectivity index (χ2n) is 3.83. The Balaban J connectivity index is 2.09. The minimum Gasteiger partial charge on any atom is -0.335 e. The van der Waals surface area contributed by atoms with Crippen molar-refractivity contribution < 1.29 is 4.79 Å². The second-order valence-corrected chi connectivity index (χ2v) is 4.70. The SMILES string of the molecule is CSCc1nccc(C(=O)N2CCNCC2)n1. The molecule has 0 saturated carbocycles. The minimum absolute atomic E-state index is 0.0104. The molecule has 1 aromatic heterocycles. The number of carbonyl (C=O) groups excluding carboxylic acids is 1. The van der Waals surface area contributed by atoms with Gasteiger partial charge in [0.2, 0.25) is 0 Å². The Hall–Kier alpha value is -1.14. The fourth-order valence-electron chi connectivity index (χ4n) is 1.75. The van der Waals surface area contributed by atoms with E-state index in [2.05, 4.69) is 15.3 Å². The van der Waals surface area contributed by atoms with Crippen LogP contribution in [0.25, 0.3) is 0 Å². The molecule has 1 fully saturated rings. The van der Waals surface area contributed by atoms with Crippen LogP contribution >= 0.6 is 11.8 Å². The van der Waals surface area contributed by atoms with Gasteiger partial charge in [-0.3, -0.25) is 4.79 Å². The van der Waals surface area contributed by atoms with Gasteiger partial charge >= 0.3 is 0 Å². The number of nitrogens with one attached hydrogen (secondary N) is 1. The van der Waals surface area contributed by atoms with Crippen molar-refractivity contribution in [3.63, 3.8) is 0 Å². The van der Waals surface area contributed by atoms with Crippen molar-refractivity contribution in [3.8, 4) is 0 Å². The van der Waals surface area contributed by atoms with Gasteiger partial charge in [-0.15, -0.1) is 0 Å². The lowest BCUT2D eigenvalue weighted by molar-refractivity contribution is 0.0729. The maximum Gasteiger partial charge on any atom is 0.272 e. The standard InChI is InChI=1S/C11H16N4OS/c1-17-8-10-13-3-2-9(14-10)11(16)15-6-4-12-5-7-15/h2-3,12H,4-8H2,1H3. The van der Waals surface area contributed by atoms with E-state index in [4.69, 9.17) is 0 Å². The number of nitrogens with zero attached hydrogens (tertiary/aromatic N) is 3. The molecule has 92 valence electrons. The molecule has 2 rings (SSSR count). The van der Waals surface area contributed by atoms with Gasteiger partial charge in [-0.25, -0.2) is 9.97 Å². The molecule has 0 aromatic carbocycles. The minimum atomic E-state index is 0.0104. The first-order valence-electron chi connectivity index (χ1n) is 5.62. The van der Waals surface area contributed by atoms with E-state index in [1.54, 1.807) is 24.0 Å². The Labute approximate surface area is 105 Å². The summed E-state index contributed by atoms with van der Waals surface area (Å²) >= 11 is 1.65. The number of rotatable bonds is 3. The van der Waals surface area contributed by atoms with Crippen LogP contribution < -0.4 is 5.32 Å². The number of carbonyl (C=O) groups is 1. The molecule has 1 aliphatic heterocycles. The van der Waals surface area contributed by atoms with Crippen LogP contribution in [0.15, 0.2) is 12.3 Å². The topological polar surface area (TPSA) is 58.1 Å². The zero-order valence-electron chi connectivity index (χ0n) is 9.85. The predicted octanol–water partition coefficient (Wildman–Crippen LogP) is 0.385. The quantitative estimate of drug-likeness (QED) is 0.843. The number of aromatic nitrogens is 2. The Morgan fingerprint density at radius 3 is 3.00 bits per heavy atom. The summed E-state index contributed by atoms with van der Waals surface area (Å²) in [6.45, 7) is 3.21. The van der Waals surface area contributed by atoms with E-state index >= 15 is 0 Å². The summed E-state index contributed by atoms with van der Waals surface area (Å²) in [6.07, 6.45) is 3.65. The summed E-state index contributed by atoms with van der Waals surface area (Å²) in [4.78, 5) is 22.4. The molecule has 1 aliphatic rings. The fraction of sp³-hybridized carbons (Fsp3) is 0.545. The summed E-state index contributed by atoms with van der Waals surface area (Å²) in [5, 5.41) is 3.22. The van der Waals surface area contributed by atoms with E-state index in [9.17, 15) is 4.79 Å². The molecule has 5 nitrogen and oxygen atoms in total. The second kappa shape index (κ2) is 5.97. The lowest BCUT2D eigenvalue weighted by Gasteiger charge is -2.27. The van der Waals surface area contributed by atoms with Crippen LogP contribution in [-0.2, 0) is 5.75 Å². The van der Waals surface area contributed by atoms with Crippen LogP contribution in [0.3, 0.4) is 0 Å². The van der Waals surface area contributed by atoms with Crippen molar-refractivity contribution in [1.29, 1.82) is 0 Å². The zero-order valence-corrected chi connectivity index (χ0v) is 10.7. The molecule has 1 saturated heterocycles. The molecule has 0 atom stereocenters. The zero-order chi connectivity index (χ0) is 12.1. The number of thioether (sulfide) groups is 1. The third kappa shape index (κ3) is 3.17. The normalized spacial score (nSPS) is 15.9. The number of amides is 1. The van der Waals surface area contributed by atoms with Crippen LogP contribution in [0.4, 0.5) is 0 Å². The number of hydrogen-bond acceptors (Lipinski definition) is 5. The summed E-state index contributed by atoms with van der Waals surface area (Å²) in [5.74, 6) is 1.47. The van der Waals surface area contributed by atoms with Crippen molar-refractivity contribution in [3.05, 3.63) is 23.8 Å². The van der Waals surface area contributed by atoms with Gasteiger partial charge < -0.3 is 10.2 Å². The molecule has 0 unspecified atom stereocenters. The summed E-state index contributed by atoms with van der Waals surface area (Å²) in [6, 6.07) is 1.69. The van der Waals surface area contributed by atoms with Gasteiger partial charge in [-0.2, -0.15) is 11.8 Å². The van der Waals surface area contributed by atoms with Crippen molar-refractivity contribution in [1.82, 2.24) is 20.2 Å². The first-order chi connectivity index (χ1) is 8.31. The van der Waals surface area contributed by atoms with E-state index in [-0.39, 0.29) is 5.91 Å². The molecule has 1 aromatic rings. The summed E-state index contributed by atoms with van der Waals surface area (Å²) in [7, 11) is 0. The van der Waals surface area contributed by atoms with Gasteiger partial charge in [-0.1, -0.05) is 0 Å². The number of piperazine rings is 1. The molecule has 17 heavy (non-hydrogen) atoms. The molecule has 0 radical (unpaired) electrons. The first kappa shape index (κ1) is 12.3. The van der Waals surface area contributed by atoms with E-state index in [1.807, 2.05) is 11.2 Å². The van der Waals surface area contributed by atoms with Crippen LogP contribution in [0, 0.1) is 0 Å². The molecule has 1 amide bonds. The number of hydrogen-bond donors (Lipinski definition) is 1. The molecule has 0 aliphatic carbocycles. The molecule has 1 N–H and O–H groups in total. The monoisotopic (exact) mass is 252 g/mol. The largest absolute Gasteiger partial charge is 0.335 e. The van der Waals surface area contributed by atoms with Gasteiger partial charge in [0.1, 0.15) is 11.5 Å². The maximum atomic E-state index is 12.2. The summed E-state index contributed by atoms with van der Waals surface area (Å²) < 4.78 is 0. The van der Waals surface area contributed by atoms with Gasteiger partial charge in [-0.05, 0) is 12.3 Å². The van der Waals surface area contributed by atoms with Crippen LogP contribution in [0.2, 0.25) is 0 Å². The molecule has 6 heteroatoms. The van der Waals surface area contributed by atoms with Crippen LogP contribution in [-0.4, -0.2) is 53.2 Å².